The van der Waals surface area contributed by atoms with Crippen LogP contribution in [-0.2, 0) is 9.57 Å². The van der Waals surface area contributed by atoms with E-state index in [4.69, 9.17) is 9.57 Å². The van der Waals surface area contributed by atoms with Gasteiger partial charge < -0.3 is 4.74 Å². The SMILES string of the molecule is CC(C)=C(C)C[C@H]1[C@H](c2ccccc2)CON1C(=O)OC(C)(C)C. The van der Waals surface area contributed by atoms with Crippen molar-refractivity contribution in [2.24, 2.45) is 0 Å². The van der Waals surface area contributed by atoms with Crippen LogP contribution in [0.15, 0.2) is 41.5 Å². The van der Waals surface area contributed by atoms with Crippen molar-refractivity contribution in [3.63, 3.8) is 0 Å². The van der Waals surface area contributed by atoms with Crippen LogP contribution in [0.1, 0.15) is 59.4 Å². The highest BCUT2D eigenvalue weighted by molar-refractivity contribution is 5.68. The van der Waals surface area contributed by atoms with Gasteiger partial charge in [-0.3, -0.25) is 4.84 Å². The van der Waals surface area contributed by atoms with Crippen LogP contribution in [-0.4, -0.2) is 29.4 Å². The van der Waals surface area contributed by atoms with Gasteiger partial charge in [0.1, 0.15) is 5.60 Å². The molecule has 1 saturated heterocycles. The lowest BCUT2D eigenvalue weighted by Gasteiger charge is -2.29. The zero-order valence-electron chi connectivity index (χ0n) is 15.6. The molecule has 0 aliphatic carbocycles. The number of hydroxylamine groups is 2. The molecular weight excluding hydrogens is 302 g/mol. The Morgan fingerprint density at radius 2 is 1.83 bits per heavy atom. The van der Waals surface area contributed by atoms with E-state index in [1.165, 1.54) is 21.8 Å². The second-order valence-electron chi connectivity index (χ2n) is 7.67. The average molecular weight is 331 g/mol. The fourth-order valence-corrected chi connectivity index (χ4v) is 2.79. The van der Waals surface area contributed by atoms with Crippen LogP contribution in [0.5, 0.6) is 0 Å². The molecule has 0 radical (unpaired) electrons. The number of amides is 1. The molecule has 24 heavy (non-hydrogen) atoms. The maximum absolute atomic E-state index is 12.6. The van der Waals surface area contributed by atoms with Gasteiger partial charge in [0.15, 0.2) is 0 Å². The molecule has 0 spiro atoms. The summed E-state index contributed by atoms with van der Waals surface area (Å²) in [5.74, 6) is 0.146. The summed E-state index contributed by atoms with van der Waals surface area (Å²) >= 11 is 0. The van der Waals surface area contributed by atoms with Crippen molar-refractivity contribution in [2.75, 3.05) is 6.61 Å². The van der Waals surface area contributed by atoms with Crippen LogP contribution in [0.3, 0.4) is 0 Å². The quantitative estimate of drug-likeness (QED) is 0.726. The minimum absolute atomic E-state index is 0.0582. The summed E-state index contributed by atoms with van der Waals surface area (Å²) in [6, 6.07) is 10.2. The molecule has 1 fully saturated rings. The minimum atomic E-state index is -0.540. The average Bonchev–Trinajstić information content (AvgIpc) is 2.90. The van der Waals surface area contributed by atoms with Gasteiger partial charge in [-0.2, -0.15) is 5.06 Å². The number of hydrogen-bond acceptors (Lipinski definition) is 3. The molecule has 4 nitrogen and oxygen atoms in total. The van der Waals surface area contributed by atoms with E-state index in [0.717, 1.165) is 6.42 Å². The van der Waals surface area contributed by atoms with Gasteiger partial charge in [0.2, 0.25) is 0 Å². The van der Waals surface area contributed by atoms with Gasteiger partial charge in [0.05, 0.1) is 12.6 Å². The molecule has 4 heteroatoms. The van der Waals surface area contributed by atoms with Gasteiger partial charge in [0.25, 0.3) is 0 Å². The molecule has 1 heterocycles. The van der Waals surface area contributed by atoms with E-state index in [1.807, 2.05) is 39.0 Å². The van der Waals surface area contributed by atoms with Crippen molar-refractivity contribution in [1.82, 2.24) is 5.06 Å². The van der Waals surface area contributed by atoms with Crippen LogP contribution < -0.4 is 0 Å². The van der Waals surface area contributed by atoms with Crippen molar-refractivity contribution >= 4 is 6.09 Å². The zero-order chi connectivity index (χ0) is 17.9. The molecule has 0 saturated carbocycles. The Bertz CT molecular complexity index is 597. The Morgan fingerprint density at radius 3 is 2.38 bits per heavy atom. The lowest BCUT2D eigenvalue weighted by Crippen LogP contribution is -2.40. The molecule has 2 rings (SSSR count). The standard InChI is InChI=1S/C20H29NO3/c1-14(2)15(3)12-18-17(16-10-8-7-9-11-16)13-23-21(18)19(22)24-20(4,5)6/h7-11,17-18H,12-13H2,1-6H3/t17-,18-/m0/s1. The van der Waals surface area contributed by atoms with Gasteiger partial charge in [-0.05, 0) is 53.5 Å². The van der Waals surface area contributed by atoms with Gasteiger partial charge >= 0.3 is 6.09 Å². The number of allylic oxidation sites excluding steroid dienone is 1. The van der Waals surface area contributed by atoms with E-state index >= 15 is 0 Å². The van der Waals surface area contributed by atoms with Crippen LogP contribution in [0.25, 0.3) is 0 Å². The van der Waals surface area contributed by atoms with E-state index < -0.39 is 11.7 Å². The number of nitrogens with zero attached hydrogens (tertiary/aromatic N) is 1. The van der Waals surface area contributed by atoms with Gasteiger partial charge in [-0.1, -0.05) is 41.5 Å². The Morgan fingerprint density at radius 1 is 1.21 bits per heavy atom. The van der Waals surface area contributed by atoms with Gasteiger partial charge in [-0.15, -0.1) is 0 Å². The minimum Gasteiger partial charge on any atom is -0.442 e. The number of ether oxygens (including phenoxy) is 1. The number of hydrogen-bond donors (Lipinski definition) is 0. The topological polar surface area (TPSA) is 38.8 Å². The zero-order valence-corrected chi connectivity index (χ0v) is 15.6. The third-order valence-electron chi connectivity index (χ3n) is 4.33. The van der Waals surface area contributed by atoms with Crippen molar-refractivity contribution in [3.8, 4) is 0 Å². The number of rotatable bonds is 3. The van der Waals surface area contributed by atoms with Crippen molar-refractivity contribution in [2.45, 2.75) is 65.5 Å². The van der Waals surface area contributed by atoms with Crippen LogP contribution in [0, 0.1) is 0 Å². The highest BCUT2D eigenvalue weighted by atomic mass is 16.7. The van der Waals surface area contributed by atoms with E-state index in [0.29, 0.717) is 6.61 Å². The fourth-order valence-electron chi connectivity index (χ4n) is 2.79. The summed E-state index contributed by atoms with van der Waals surface area (Å²) < 4.78 is 5.52. The smallest absolute Gasteiger partial charge is 0.434 e. The number of carbonyl (C=O) groups is 1. The summed E-state index contributed by atoms with van der Waals surface area (Å²) in [4.78, 5) is 18.3. The second-order valence-corrected chi connectivity index (χ2v) is 7.67. The lowest BCUT2D eigenvalue weighted by atomic mass is 9.88. The molecule has 1 aliphatic rings. The molecule has 0 bridgehead atoms. The third kappa shape index (κ3) is 4.60. The van der Waals surface area contributed by atoms with E-state index in [2.05, 4.69) is 32.9 Å². The summed E-state index contributed by atoms with van der Waals surface area (Å²) in [6.07, 6.45) is 0.369. The first kappa shape index (κ1) is 18.5. The molecule has 1 aromatic carbocycles. The first-order chi connectivity index (χ1) is 11.2. The molecule has 0 unspecified atom stereocenters. The maximum atomic E-state index is 12.6. The first-order valence-corrected chi connectivity index (χ1v) is 8.52. The van der Waals surface area contributed by atoms with E-state index in [1.54, 1.807) is 0 Å². The largest absolute Gasteiger partial charge is 0.442 e. The summed E-state index contributed by atoms with van der Waals surface area (Å²) in [5, 5.41) is 1.44. The highest BCUT2D eigenvalue weighted by Gasteiger charge is 2.41. The van der Waals surface area contributed by atoms with E-state index in [9.17, 15) is 4.79 Å². The highest BCUT2D eigenvalue weighted by Crippen LogP contribution is 2.35. The first-order valence-electron chi connectivity index (χ1n) is 8.52. The maximum Gasteiger partial charge on any atom is 0.434 e. The normalized spacial score (nSPS) is 20.8. The summed E-state index contributed by atoms with van der Waals surface area (Å²) in [6.45, 7) is 12.4. The van der Waals surface area contributed by atoms with Gasteiger partial charge in [0, 0.05) is 5.92 Å². The van der Waals surface area contributed by atoms with Gasteiger partial charge in [-0.25, -0.2) is 4.79 Å². The molecule has 2 atom stereocenters. The monoisotopic (exact) mass is 331 g/mol. The van der Waals surface area contributed by atoms with Crippen molar-refractivity contribution in [1.29, 1.82) is 0 Å². The van der Waals surface area contributed by atoms with Crippen LogP contribution in [0.2, 0.25) is 0 Å². The van der Waals surface area contributed by atoms with Crippen molar-refractivity contribution < 1.29 is 14.4 Å². The summed E-state index contributed by atoms with van der Waals surface area (Å²) in [7, 11) is 0. The lowest BCUT2D eigenvalue weighted by molar-refractivity contribution is -0.124. The molecule has 1 amide bonds. The molecule has 132 valence electrons. The predicted octanol–water partition coefficient (Wildman–Crippen LogP) is 5.07. The van der Waals surface area contributed by atoms with Crippen LogP contribution in [0.4, 0.5) is 4.79 Å². The molecule has 0 aromatic heterocycles. The third-order valence-corrected chi connectivity index (χ3v) is 4.33. The fraction of sp³-hybridized carbons (Fsp3) is 0.550. The predicted molar refractivity (Wildman–Crippen MR) is 95.7 cm³/mol. The molecule has 1 aliphatic heterocycles. The Kier molecular flexibility index (Phi) is 5.70. The second kappa shape index (κ2) is 7.39. The number of benzene rings is 1. The Hall–Kier alpha value is -1.81. The van der Waals surface area contributed by atoms with Crippen molar-refractivity contribution in [3.05, 3.63) is 47.0 Å². The number of carbonyl (C=O) groups excluding carboxylic acids is 1. The Balaban J connectivity index is 2.27. The molecule has 0 N–H and O–H groups in total. The molecular formula is C20H29NO3. The van der Waals surface area contributed by atoms with Crippen LogP contribution >= 0.6 is 0 Å². The summed E-state index contributed by atoms with van der Waals surface area (Å²) in [5.41, 5.74) is 3.20. The molecule has 1 aromatic rings. The van der Waals surface area contributed by atoms with E-state index in [-0.39, 0.29) is 12.0 Å². The Labute approximate surface area is 145 Å².